The van der Waals surface area contributed by atoms with E-state index in [0.717, 1.165) is 36.8 Å². The normalized spacial score (nSPS) is 19.6. The number of nitrogens with one attached hydrogen (secondary N) is 1. The lowest BCUT2D eigenvalue weighted by Gasteiger charge is -2.33. The molecule has 3 heterocycles. The molecule has 0 radical (unpaired) electrons. The summed E-state index contributed by atoms with van der Waals surface area (Å²) < 4.78 is 5.91. The van der Waals surface area contributed by atoms with Crippen molar-refractivity contribution in [2.75, 3.05) is 38.7 Å². The first-order valence-electron chi connectivity index (χ1n) is 7.04. The molecule has 7 heteroatoms. The highest BCUT2D eigenvalue weighted by atomic mass is 16.5. The van der Waals surface area contributed by atoms with Crippen molar-refractivity contribution >= 4 is 5.82 Å². The summed E-state index contributed by atoms with van der Waals surface area (Å²) in [5, 5.41) is 6.99. The fourth-order valence-corrected chi connectivity index (χ4v) is 2.54. The van der Waals surface area contributed by atoms with Crippen molar-refractivity contribution in [3.05, 3.63) is 36.0 Å². The zero-order chi connectivity index (χ0) is 14.7. The summed E-state index contributed by atoms with van der Waals surface area (Å²) in [6.07, 6.45) is 5.16. The second kappa shape index (κ2) is 6.19. The van der Waals surface area contributed by atoms with Crippen molar-refractivity contribution in [3.8, 4) is 0 Å². The molecular formula is C14H20N6O. The number of nitrogens with zero attached hydrogens (tertiary/aromatic N) is 5. The first-order valence-corrected chi connectivity index (χ1v) is 7.04. The Balaban J connectivity index is 1.74. The van der Waals surface area contributed by atoms with E-state index in [0.29, 0.717) is 6.61 Å². The number of aromatic amines is 1. The molecule has 21 heavy (non-hydrogen) atoms. The van der Waals surface area contributed by atoms with E-state index in [1.54, 1.807) is 18.6 Å². The van der Waals surface area contributed by atoms with Gasteiger partial charge in [0.15, 0.2) is 5.82 Å². The van der Waals surface area contributed by atoms with E-state index in [4.69, 9.17) is 4.74 Å². The van der Waals surface area contributed by atoms with Gasteiger partial charge in [0.25, 0.3) is 0 Å². The highest BCUT2D eigenvalue weighted by molar-refractivity contribution is 5.42. The summed E-state index contributed by atoms with van der Waals surface area (Å²) in [4.78, 5) is 13.2. The minimum absolute atomic E-state index is 0.0484. The van der Waals surface area contributed by atoms with E-state index >= 15 is 0 Å². The van der Waals surface area contributed by atoms with E-state index in [9.17, 15) is 0 Å². The number of aromatic nitrogens is 4. The summed E-state index contributed by atoms with van der Waals surface area (Å²) in [5.74, 6) is 0.867. The van der Waals surface area contributed by atoms with Gasteiger partial charge in [-0.15, -0.1) is 0 Å². The zero-order valence-electron chi connectivity index (χ0n) is 12.4. The van der Waals surface area contributed by atoms with Crippen LogP contribution in [0.3, 0.4) is 0 Å². The van der Waals surface area contributed by atoms with Gasteiger partial charge in [0, 0.05) is 58.0 Å². The van der Waals surface area contributed by atoms with Crippen LogP contribution in [0.2, 0.25) is 0 Å². The Hall–Kier alpha value is -1.99. The second-order valence-corrected chi connectivity index (χ2v) is 5.34. The van der Waals surface area contributed by atoms with Crippen LogP contribution in [-0.4, -0.2) is 58.9 Å². The Morgan fingerprint density at radius 3 is 2.95 bits per heavy atom. The minimum Gasteiger partial charge on any atom is -0.369 e. The predicted molar refractivity (Wildman–Crippen MR) is 78.9 cm³/mol. The maximum absolute atomic E-state index is 5.91. The molecule has 2 aromatic rings. The maximum Gasteiger partial charge on any atom is 0.152 e. The van der Waals surface area contributed by atoms with Gasteiger partial charge in [-0.05, 0) is 6.07 Å². The van der Waals surface area contributed by atoms with Gasteiger partial charge < -0.3 is 9.64 Å². The first-order chi connectivity index (χ1) is 10.2. The molecule has 1 aliphatic heterocycles. The number of H-pyrrole nitrogens is 1. The van der Waals surface area contributed by atoms with Gasteiger partial charge >= 0.3 is 0 Å². The molecule has 2 aromatic heterocycles. The summed E-state index contributed by atoms with van der Waals surface area (Å²) in [5.41, 5.74) is 2.01. The second-order valence-electron chi connectivity index (χ2n) is 5.34. The third-order valence-corrected chi connectivity index (χ3v) is 3.54. The number of hydrogen-bond acceptors (Lipinski definition) is 6. The molecule has 0 bridgehead atoms. The van der Waals surface area contributed by atoms with E-state index in [2.05, 4.69) is 25.1 Å². The molecule has 0 unspecified atom stereocenters. The van der Waals surface area contributed by atoms with Crippen LogP contribution in [0.25, 0.3) is 0 Å². The van der Waals surface area contributed by atoms with Crippen molar-refractivity contribution in [1.82, 2.24) is 25.1 Å². The fourth-order valence-electron chi connectivity index (χ4n) is 2.54. The molecule has 112 valence electrons. The van der Waals surface area contributed by atoms with E-state index < -0.39 is 0 Å². The minimum atomic E-state index is -0.0484. The van der Waals surface area contributed by atoms with Gasteiger partial charge in [0.2, 0.25) is 0 Å². The van der Waals surface area contributed by atoms with Crippen LogP contribution in [0.5, 0.6) is 0 Å². The van der Waals surface area contributed by atoms with Crippen molar-refractivity contribution < 1.29 is 4.74 Å². The van der Waals surface area contributed by atoms with Gasteiger partial charge in [0.05, 0.1) is 6.61 Å². The highest BCUT2D eigenvalue weighted by Gasteiger charge is 2.26. The Bertz CT molecular complexity index is 571. The van der Waals surface area contributed by atoms with E-state index in [-0.39, 0.29) is 6.10 Å². The highest BCUT2D eigenvalue weighted by Crippen LogP contribution is 2.26. The predicted octanol–water partition coefficient (Wildman–Crippen LogP) is 0.839. The molecule has 1 N–H and O–H groups in total. The Labute approximate surface area is 124 Å². The molecule has 0 aliphatic carbocycles. The van der Waals surface area contributed by atoms with Crippen LogP contribution >= 0.6 is 0 Å². The summed E-state index contributed by atoms with van der Waals surface area (Å²) in [6.45, 7) is 3.26. The van der Waals surface area contributed by atoms with Crippen LogP contribution in [0, 0.1) is 0 Å². The summed E-state index contributed by atoms with van der Waals surface area (Å²) >= 11 is 0. The standard InChI is InChI=1S/C14H20N6O/c1-19(2)14-13(15-5-6-16-14)12-10-20(7-8-21-12)9-11-3-4-17-18-11/h3-6,12H,7-10H2,1-2H3,(H,17,18)/t12-/m1/s1. The third kappa shape index (κ3) is 3.20. The lowest BCUT2D eigenvalue weighted by Crippen LogP contribution is -2.38. The van der Waals surface area contributed by atoms with E-state index in [1.165, 1.54) is 0 Å². The Kier molecular flexibility index (Phi) is 4.12. The van der Waals surface area contributed by atoms with Crippen LogP contribution < -0.4 is 4.90 Å². The van der Waals surface area contributed by atoms with Crippen LogP contribution in [0.15, 0.2) is 24.7 Å². The van der Waals surface area contributed by atoms with Crippen molar-refractivity contribution in [1.29, 1.82) is 0 Å². The SMILES string of the molecule is CN(C)c1nccnc1[C@H]1CN(Cc2ccn[nH]2)CCO1. The Morgan fingerprint density at radius 1 is 1.33 bits per heavy atom. The first kappa shape index (κ1) is 14.0. The van der Waals surface area contributed by atoms with Gasteiger partial charge in [-0.2, -0.15) is 5.10 Å². The van der Waals surface area contributed by atoms with Gasteiger partial charge in [-0.1, -0.05) is 0 Å². The zero-order valence-corrected chi connectivity index (χ0v) is 12.4. The average molecular weight is 288 g/mol. The molecule has 0 aromatic carbocycles. The number of anilines is 1. The molecule has 1 saturated heterocycles. The van der Waals surface area contributed by atoms with Crippen molar-refractivity contribution in [2.24, 2.45) is 0 Å². The molecule has 0 amide bonds. The maximum atomic E-state index is 5.91. The smallest absolute Gasteiger partial charge is 0.152 e. The lowest BCUT2D eigenvalue weighted by atomic mass is 10.2. The molecule has 1 aliphatic rings. The van der Waals surface area contributed by atoms with Crippen LogP contribution in [0.4, 0.5) is 5.82 Å². The van der Waals surface area contributed by atoms with Crippen LogP contribution in [-0.2, 0) is 11.3 Å². The van der Waals surface area contributed by atoms with Gasteiger partial charge in [-0.25, -0.2) is 4.98 Å². The number of hydrogen-bond donors (Lipinski definition) is 1. The number of ether oxygens (including phenoxy) is 1. The van der Waals surface area contributed by atoms with Gasteiger partial charge in [-0.3, -0.25) is 15.0 Å². The number of morpholine rings is 1. The molecule has 0 spiro atoms. The van der Waals surface area contributed by atoms with Crippen LogP contribution in [0.1, 0.15) is 17.5 Å². The number of rotatable bonds is 4. The Morgan fingerprint density at radius 2 is 2.19 bits per heavy atom. The molecule has 3 rings (SSSR count). The summed E-state index contributed by atoms with van der Waals surface area (Å²) in [7, 11) is 3.94. The molecule has 1 atom stereocenters. The largest absolute Gasteiger partial charge is 0.369 e. The lowest BCUT2D eigenvalue weighted by molar-refractivity contribution is -0.0352. The average Bonchev–Trinajstić information content (AvgIpc) is 3.00. The van der Waals surface area contributed by atoms with Crippen molar-refractivity contribution in [3.63, 3.8) is 0 Å². The summed E-state index contributed by atoms with van der Waals surface area (Å²) in [6, 6.07) is 2.00. The monoisotopic (exact) mass is 288 g/mol. The molecule has 0 saturated carbocycles. The molecule has 1 fully saturated rings. The van der Waals surface area contributed by atoms with Gasteiger partial charge in [0.1, 0.15) is 11.8 Å². The quantitative estimate of drug-likeness (QED) is 0.899. The van der Waals surface area contributed by atoms with Crippen molar-refractivity contribution in [2.45, 2.75) is 12.6 Å². The third-order valence-electron chi connectivity index (χ3n) is 3.54. The topological polar surface area (TPSA) is 70.2 Å². The molecule has 7 nitrogen and oxygen atoms in total. The van der Waals surface area contributed by atoms with E-state index in [1.807, 2.05) is 25.1 Å². The fraction of sp³-hybridized carbons (Fsp3) is 0.500. The molecular weight excluding hydrogens is 268 g/mol.